The van der Waals surface area contributed by atoms with Crippen LogP contribution in [0.3, 0.4) is 0 Å². The average Bonchev–Trinajstić information content (AvgIpc) is 2.58. The molecule has 2 aromatic rings. The van der Waals surface area contributed by atoms with E-state index < -0.39 is 0 Å². The normalized spacial score (nSPS) is 10.4. The molecule has 0 saturated heterocycles. The van der Waals surface area contributed by atoms with E-state index >= 15 is 0 Å². The van der Waals surface area contributed by atoms with Gasteiger partial charge in [-0.3, -0.25) is 0 Å². The number of aromatic nitrogens is 1. The molecule has 0 aliphatic rings. The van der Waals surface area contributed by atoms with Gasteiger partial charge in [0.15, 0.2) is 0 Å². The van der Waals surface area contributed by atoms with Crippen molar-refractivity contribution in [3.05, 3.63) is 32.3 Å². The second-order valence-electron chi connectivity index (χ2n) is 2.22. The van der Waals surface area contributed by atoms with Crippen LogP contribution in [0.1, 0.15) is 0 Å². The van der Waals surface area contributed by atoms with Crippen LogP contribution in [0.5, 0.6) is 0 Å². The van der Waals surface area contributed by atoms with Crippen LogP contribution >= 0.6 is 22.9 Å². The van der Waals surface area contributed by atoms with Crippen molar-refractivity contribution in [3.63, 3.8) is 0 Å². The van der Waals surface area contributed by atoms with E-state index in [2.05, 4.69) is 9.68 Å². The lowest BCUT2D eigenvalue weighted by Gasteiger charge is -1.84. The summed E-state index contributed by atoms with van der Waals surface area (Å²) >= 11 is 7.12. The Kier molecular flexibility index (Phi) is 1.78. The van der Waals surface area contributed by atoms with Crippen LogP contribution in [-0.4, -0.2) is 5.16 Å². The van der Waals surface area contributed by atoms with E-state index in [1.807, 2.05) is 5.38 Å². The maximum Gasteiger partial charge on any atom is 0.357 e. The molecule has 0 atom stereocenters. The monoisotopic (exact) mass is 201 g/mol. The predicted octanol–water partition coefficient (Wildman–Crippen LogP) is 2.35. The molecule has 0 aliphatic carbocycles. The summed E-state index contributed by atoms with van der Waals surface area (Å²) in [6.45, 7) is 0. The lowest BCUT2D eigenvalue weighted by atomic mass is 10.2. The zero-order valence-corrected chi connectivity index (χ0v) is 7.41. The van der Waals surface area contributed by atoms with Crippen molar-refractivity contribution in [3.8, 4) is 11.3 Å². The van der Waals surface area contributed by atoms with Crippen LogP contribution in [0.15, 0.2) is 26.8 Å². The van der Waals surface area contributed by atoms with E-state index in [4.69, 9.17) is 11.6 Å². The van der Waals surface area contributed by atoms with E-state index in [1.165, 1.54) is 17.4 Å². The number of aromatic amines is 1. The standard InChI is InChI=1S/C7H4ClNO2S/c8-6-1-4(3-12-6)5-2-7(10)11-9-5/h1-3,9H. The Morgan fingerprint density at radius 3 is 2.83 bits per heavy atom. The van der Waals surface area contributed by atoms with Gasteiger partial charge in [0.05, 0.1) is 16.1 Å². The highest BCUT2D eigenvalue weighted by Gasteiger charge is 2.03. The molecule has 0 bridgehead atoms. The van der Waals surface area contributed by atoms with Gasteiger partial charge >= 0.3 is 5.63 Å². The number of hydrogen-bond acceptors (Lipinski definition) is 3. The number of hydrogen-bond donors (Lipinski definition) is 1. The third-order valence-corrected chi connectivity index (χ3v) is 2.49. The summed E-state index contributed by atoms with van der Waals surface area (Å²) in [5.74, 6) is 0. The Morgan fingerprint density at radius 2 is 2.33 bits per heavy atom. The Labute approximate surface area is 76.6 Å². The second kappa shape index (κ2) is 2.80. The van der Waals surface area contributed by atoms with Crippen LogP contribution in [-0.2, 0) is 0 Å². The van der Waals surface area contributed by atoms with Gasteiger partial charge in [-0.25, -0.2) is 9.95 Å². The van der Waals surface area contributed by atoms with E-state index in [-0.39, 0.29) is 5.63 Å². The highest BCUT2D eigenvalue weighted by atomic mass is 35.5. The van der Waals surface area contributed by atoms with Crippen LogP contribution < -0.4 is 5.63 Å². The first kappa shape index (κ1) is 7.64. The first-order chi connectivity index (χ1) is 5.75. The number of halogens is 1. The van der Waals surface area contributed by atoms with Gasteiger partial charge < -0.3 is 4.52 Å². The van der Waals surface area contributed by atoms with Crippen LogP contribution in [0, 0.1) is 0 Å². The predicted molar refractivity (Wildman–Crippen MR) is 47.7 cm³/mol. The minimum atomic E-state index is -0.382. The van der Waals surface area contributed by atoms with Crippen LogP contribution in [0.25, 0.3) is 11.3 Å². The molecule has 5 heteroatoms. The third kappa shape index (κ3) is 1.31. The summed E-state index contributed by atoms with van der Waals surface area (Å²) in [6, 6.07) is 3.16. The molecule has 0 unspecified atom stereocenters. The molecule has 0 fully saturated rings. The molecular weight excluding hydrogens is 198 g/mol. The summed E-state index contributed by atoms with van der Waals surface area (Å²) < 4.78 is 5.20. The number of rotatable bonds is 1. The molecule has 0 radical (unpaired) electrons. The molecule has 0 amide bonds. The van der Waals surface area contributed by atoms with Crippen molar-refractivity contribution >= 4 is 22.9 Å². The molecule has 0 aliphatic heterocycles. The zero-order valence-electron chi connectivity index (χ0n) is 5.83. The summed E-state index contributed by atoms with van der Waals surface area (Å²) in [5.41, 5.74) is 1.14. The quantitative estimate of drug-likeness (QED) is 0.770. The SMILES string of the molecule is O=c1cc(-c2csc(Cl)c2)[nH]o1. The van der Waals surface area contributed by atoms with Gasteiger partial charge in [-0.2, -0.15) is 0 Å². The summed E-state index contributed by atoms with van der Waals surface area (Å²) in [4.78, 5) is 10.6. The lowest BCUT2D eigenvalue weighted by Crippen LogP contribution is -1.85. The first-order valence-corrected chi connectivity index (χ1v) is 4.44. The molecule has 0 spiro atoms. The molecule has 1 N–H and O–H groups in total. The van der Waals surface area contributed by atoms with Gasteiger partial charge in [0.2, 0.25) is 0 Å². The third-order valence-electron chi connectivity index (χ3n) is 1.40. The number of thiophene rings is 1. The molecular formula is C7H4ClNO2S. The van der Waals surface area contributed by atoms with E-state index in [0.717, 1.165) is 5.56 Å². The lowest BCUT2D eigenvalue weighted by molar-refractivity contribution is 0.394. The minimum absolute atomic E-state index is 0.382. The number of H-pyrrole nitrogens is 1. The largest absolute Gasteiger partial charge is 0.357 e. The van der Waals surface area contributed by atoms with E-state index in [1.54, 1.807) is 6.07 Å². The van der Waals surface area contributed by atoms with Gasteiger partial charge in [0, 0.05) is 10.9 Å². The van der Waals surface area contributed by atoms with Crippen molar-refractivity contribution in [2.75, 3.05) is 0 Å². The van der Waals surface area contributed by atoms with Gasteiger partial charge in [0.25, 0.3) is 0 Å². The average molecular weight is 202 g/mol. The van der Waals surface area contributed by atoms with Gasteiger partial charge in [-0.15, -0.1) is 11.3 Å². The zero-order chi connectivity index (χ0) is 8.55. The Balaban J connectivity index is 2.50. The fourth-order valence-electron chi connectivity index (χ4n) is 0.876. The van der Waals surface area contributed by atoms with Crippen molar-refractivity contribution in [1.29, 1.82) is 0 Å². The molecule has 0 aromatic carbocycles. The highest BCUT2D eigenvalue weighted by Crippen LogP contribution is 2.26. The molecule has 2 rings (SSSR count). The summed E-state index contributed by atoms with van der Waals surface area (Å²) in [6.07, 6.45) is 0. The van der Waals surface area contributed by atoms with Gasteiger partial charge in [0.1, 0.15) is 0 Å². The molecule has 2 heterocycles. The molecule has 12 heavy (non-hydrogen) atoms. The Hall–Kier alpha value is -1.00. The maximum absolute atomic E-state index is 10.6. The highest BCUT2D eigenvalue weighted by molar-refractivity contribution is 7.14. The fourth-order valence-corrected chi connectivity index (χ4v) is 1.76. The molecule has 3 nitrogen and oxygen atoms in total. The summed E-state index contributed by atoms with van der Waals surface area (Å²) in [7, 11) is 0. The van der Waals surface area contributed by atoms with Crippen LogP contribution in [0.4, 0.5) is 0 Å². The Bertz CT molecular complexity index is 442. The molecule has 2 aromatic heterocycles. The fraction of sp³-hybridized carbons (Fsp3) is 0. The van der Waals surface area contributed by atoms with E-state index in [9.17, 15) is 4.79 Å². The smallest absolute Gasteiger partial charge is 0.339 e. The minimum Gasteiger partial charge on any atom is -0.339 e. The van der Waals surface area contributed by atoms with E-state index in [0.29, 0.717) is 10.0 Å². The van der Waals surface area contributed by atoms with Crippen molar-refractivity contribution in [1.82, 2.24) is 5.16 Å². The molecule has 0 saturated carbocycles. The van der Waals surface area contributed by atoms with Gasteiger partial charge in [-0.1, -0.05) is 11.6 Å². The topological polar surface area (TPSA) is 46.0 Å². The first-order valence-electron chi connectivity index (χ1n) is 3.18. The Morgan fingerprint density at radius 1 is 1.50 bits per heavy atom. The number of nitrogens with one attached hydrogen (secondary N) is 1. The summed E-state index contributed by atoms with van der Waals surface area (Å²) in [5, 5.41) is 4.35. The second-order valence-corrected chi connectivity index (χ2v) is 3.76. The van der Waals surface area contributed by atoms with Gasteiger partial charge in [-0.05, 0) is 6.07 Å². The van der Waals surface area contributed by atoms with Crippen LogP contribution in [0.2, 0.25) is 4.34 Å². The maximum atomic E-state index is 10.6. The molecule has 62 valence electrons. The van der Waals surface area contributed by atoms with Crippen molar-refractivity contribution in [2.45, 2.75) is 0 Å². The van der Waals surface area contributed by atoms with Crippen molar-refractivity contribution in [2.24, 2.45) is 0 Å². The van der Waals surface area contributed by atoms with Crippen molar-refractivity contribution < 1.29 is 4.52 Å².